The number of anilines is 2. The van der Waals surface area contributed by atoms with E-state index in [1.54, 1.807) is 36.7 Å². The fourth-order valence-corrected chi connectivity index (χ4v) is 5.81. The molecule has 1 aliphatic carbocycles. The third kappa shape index (κ3) is 5.91. The van der Waals surface area contributed by atoms with Crippen molar-refractivity contribution in [1.82, 2.24) is 15.0 Å². The van der Waals surface area contributed by atoms with Gasteiger partial charge in [0.25, 0.3) is 0 Å². The lowest BCUT2D eigenvalue weighted by Crippen LogP contribution is -2.46. The molecule has 0 bridgehead atoms. The molecule has 3 aromatic rings. The van der Waals surface area contributed by atoms with E-state index in [1.165, 1.54) is 7.11 Å². The Hall–Kier alpha value is -3.71. The van der Waals surface area contributed by atoms with E-state index < -0.39 is 23.7 Å². The maximum atomic E-state index is 13.3. The van der Waals surface area contributed by atoms with E-state index in [2.05, 4.69) is 20.3 Å². The summed E-state index contributed by atoms with van der Waals surface area (Å²) in [4.78, 5) is 62.9. The number of hydrogen-bond acceptors (Lipinski definition) is 9. The van der Waals surface area contributed by atoms with Gasteiger partial charge in [-0.1, -0.05) is 24.2 Å². The molecule has 36 heavy (non-hydrogen) atoms. The highest BCUT2D eigenvalue weighted by Gasteiger charge is 2.35. The van der Waals surface area contributed by atoms with Crippen molar-refractivity contribution in [3.05, 3.63) is 42.4 Å². The highest BCUT2D eigenvalue weighted by Crippen LogP contribution is 2.36. The van der Waals surface area contributed by atoms with Crippen LogP contribution in [0.3, 0.4) is 0 Å². The number of carboxylic acid groups (broad SMARTS) is 1. The van der Waals surface area contributed by atoms with Crippen LogP contribution in [0.4, 0.5) is 10.8 Å². The number of carbonyl (C=O) groups excluding carboxylic acids is 3. The molecule has 0 spiro atoms. The van der Waals surface area contributed by atoms with E-state index in [1.807, 2.05) is 0 Å². The van der Waals surface area contributed by atoms with Crippen LogP contribution >= 0.6 is 23.1 Å². The molecule has 4 rings (SSSR count). The van der Waals surface area contributed by atoms with Crippen LogP contribution in [-0.2, 0) is 25.6 Å². The number of hydrogen-bond donors (Lipinski definition) is 3. The molecule has 1 fully saturated rings. The van der Waals surface area contributed by atoms with Gasteiger partial charge < -0.3 is 14.8 Å². The summed E-state index contributed by atoms with van der Waals surface area (Å²) in [6.07, 6.45) is 5.87. The maximum absolute atomic E-state index is 13.3. The van der Waals surface area contributed by atoms with Gasteiger partial charge in [0.1, 0.15) is 5.75 Å². The number of methoxy groups -OCH3 is 1. The van der Waals surface area contributed by atoms with Crippen LogP contribution in [-0.4, -0.2) is 50.9 Å². The van der Waals surface area contributed by atoms with E-state index in [-0.39, 0.29) is 28.9 Å². The third-order valence-corrected chi connectivity index (χ3v) is 7.66. The van der Waals surface area contributed by atoms with Gasteiger partial charge >= 0.3 is 17.8 Å². The average molecular weight is 530 g/mol. The van der Waals surface area contributed by atoms with E-state index in [0.29, 0.717) is 28.0 Å². The first-order chi connectivity index (χ1) is 17.4. The van der Waals surface area contributed by atoms with Gasteiger partial charge in [-0.25, -0.2) is 14.9 Å². The zero-order valence-corrected chi connectivity index (χ0v) is 20.9. The third-order valence-electron chi connectivity index (χ3n) is 5.52. The summed E-state index contributed by atoms with van der Waals surface area (Å²) in [6.45, 7) is 0. The highest BCUT2D eigenvalue weighted by molar-refractivity contribution is 8.01. The summed E-state index contributed by atoms with van der Waals surface area (Å²) < 4.78 is 5.65. The number of ether oxygens (including phenoxy) is 1. The van der Waals surface area contributed by atoms with Gasteiger partial charge in [-0.3, -0.25) is 24.5 Å². The molecule has 13 heteroatoms. The number of carbonyl (C=O) groups is 4. The molecule has 2 aromatic heterocycles. The number of aromatic nitrogens is 3. The van der Waals surface area contributed by atoms with Gasteiger partial charge in [0.05, 0.1) is 29.1 Å². The number of nitrogens with zero attached hydrogens (tertiary/aromatic N) is 3. The molecule has 1 saturated carbocycles. The van der Waals surface area contributed by atoms with E-state index in [9.17, 15) is 24.3 Å². The van der Waals surface area contributed by atoms with Crippen LogP contribution < -0.4 is 15.0 Å². The van der Waals surface area contributed by atoms with Crippen LogP contribution in [0, 0.1) is 5.92 Å². The van der Waals surface area contributed by atoms with Gasteiger partial charge in [-0.2, -0.15) is 0 Å². The van der Waals surface area contributed by atoms with Gasteiger partial charge in [0, 0.05) is 18.3 Å². The minimum atomic E-state index is -1.09. The fourth-order valence-electron chi connectivity index (χ4n) is 3.80. The Morgan fingerprint density at radius 1 is 1.22 bits per heavy atom. The van der Waals surface area contributed by atoms with Crippen LogP contribution in [0.25, 0.3) is 0 Å². The topological polar surface area (TPSA) is 155 Å². The number of imide groups is 1. The predicted octanol–water partition coefficient (Wildman–Crippen LogP) is 3.34. The zero-order valence-electron chi connectivity index (χ0n) is 19.2. The van der Waals surface area contributed by atoms with Crippen LogP contribution in [0.5, 0.6) is 5.75 Å². The number of carboxylic acids is 1. The molecule has 188 valence electrons. The lowest BCUT2D eigenvalue weighted by molar-refractivity contribution is -0.138. The second kappa shape index (κ2) is 11.4. The summed E-state index contributed by atoms with van der Waals surface area (Å²) >= 11 is 2.18. The number of H-pyrrole nitrogens is 1. The van der Waals surface area contributed by atoms with Gasteiger partial charge in [0.2, 0.25) is 5.91 Å². The van der Waals surface area contributed by atoms with Crippen molar-refractivity contribution in [2.75, 3.05) is 17.3 Å². The summed E-state index contributed by atoms with van der Waals surface area (Å²) in [5.74, 6) is -3.43. The van der Waals surface area contributed by atoms with E-state index in [0.717, 1.165) is 40.8 Å². The molecular formula is C23H23N5O6S2. The monoisotopic (exact) mass is 529 g/mol. The largest absolute Gasteiger partial charge is 0.497 e. The quantitative estimate of drug-likeness (QED) is 0.373. The Bertz CT molecular complexity index is 1250. The summed E-state index contributed by atoms with van der Waals surface area (Å²) in [5.41, 5.74) is 0.485. The first-order valence-electron chi connectivity index (χ1n) is 11.1. The molecular weight excluding hydrogens is 506 g/mol. The minimum Gasteiger partial charge on any atom is -0.497 e. The number of aliphatic carboxylic acids is 1. The summed E-state index contributed by atoms with van der Waals surface area (Å²) in [7, 11) is 1.50. The molecule has 3 N–H and O–H groups in total. The molecule has 3 amide bonds. The first-order valence-corrected chi connectivity index (χ1v) is 12.7. The maximum Gasteiger partial charge on any atom is 0.323 e. The number of aromatic amines is 1. The van der Waals surface area contributed by atoms with Crippen molar-refractivity contribution < 1.29 is 29.0 Å². The lowest BCUT2D eigenvalue weighted by atomic mass is 10.1. The molecule has 1 aliphatic rings. The Kier molecular flexibility index (Phi) is 8.00. The highest BCUT2D eigenvalue weighted by atomic mass is 32.2. The van der Waals surface area contributed by atoms with Crippen molar-refractivity contribution in [2.45, 2.75) is 41.5 Å². The van der Waals surface area contributed by atoms with E-state index >= 15 is 0 Å². The second-order valence-electron chi connectivity index (χ2n) is 7.93. The smallest absolute Gasteiger partial charge is 0.323 e. The number of thiazole rings is 1. The molecule has 1 aromatic carbocycles. The van der Waals surface area contributed by atoms with Crippen molar-refractivity contribution in [3.8, 4) is 5.75 Å². The molecule has 0 saturated heterocycles. The lowest BCUT2D eigenvalue weighted by Gasteiger charge is -2.23. The molecule has 0 unspecified atom stereocenters. The van der Waals surface area contributed by atoms with E-state index in [4.69, 9.17) is 4.74 Å². The van der Waals surface area contributed by atoms with Crippen LogP contribution in [0.15, 0.2) is 46.0 Å². The standard InChI is InChI=1S/C23H23N5O6S2/c1-34-15-8-6-14(7-9-15)28(19(32)13-4-2-3-5-13)20(33)18(31)27-23-26-16(12-17(29)30)21(36-23)35-22-24-10-11-25-22/h6-11,13H,2-5,12H2,1H3,(H,24,25)(H,29,30)(H,26,27,31). The summed E-state index contributed by atoms with van der Waals surface area (Å²) in [5, 5.41) is 12.2. The Balaban J connectivity index is 1.57. The van der Waals surface area contributed by atoms with Crippen molar-refractivity contribution in [1.29, 1.82) is 0 Å². The average Bonchev–Trinajstić information content (AvgIpc) is 3.63. The van der Waals surface area contributed by atoms with Crippen LogP contribution in [0.2, 0.25) is 0 Å². The van der Waals surface area contributed by atoms with Gasteiger partial charge in [-0.15, -0.1) is 0 Å². The zero-order chi connectivity index (χ0) is 25.7. The van der Waals surface area contributed by atoms with Gasteiger partial charge in [-0.05, 0) is 48.9 Å². The number of nitrogens with one attached hydrogen (secondary N) is 2. The molecule has 0 aliphatic heterocycles. The van der Waals surface area contributed by atoms with Crippen LogP contribution in [0.1, 0.15) is 31.4 Å². The molecule has 2 heterocycles. The Labute approximate surface area is 214 Å². The number of imidazole rings is 1. The summed E-state index contributed by atoms with van der Waals surface area (Å²) in [6, 6.07) is 6.30. The van der Waals surface area contributed by atoms with Gasteiger partial charge in [0.15, 0.2) is 10.3 Å². The molecule has 0 atom stereocenters. The number of amides is 3. The Morgan fingerprint density at radius 3 is 2.56 bits per heavy atom. The SMILES string of the molecule is COc1ccc(N(C(=O)C(=O)Nc2nc(CC(=O)O)c(Sc3ncc[nH]3)s2)C(=O)C2CCCC2)cc1. The van der Waals surface area contributed by atoms with Crippen molar-refractivity contribution in [3.63, 3.8) is 0 Å². The van der Waals surface area contributed by atoms with Crippen molar-refractivity contribution in [2.24, 2.45) is 5.92 Å². The normalized spacial score (nSPS) is 13.4. The fraction of sp³-hybridized carbons (Fsp3) is 0.304. The van der Waals surface area contributed by atoms with Crippen molar-refractivity contribution >= 4 is 57.6 Å². The second-order valence-corrected chi connectivity index (χ2v) is 10.2. The number of rotatable bonds is 8. The molecule has 0 radical (unpaired) electrons. The number of benzene rings is 1. The molecule has 11 nitrogen and oxygen atoms in total. The predicted molar refractivity (Wildman–Crippen MR) is 132 cm³/mol. The minimum absolute atomic E-state index is 0.0432. The first kappa shape index (κ1) is 25.4. The Morgan fingerprint density at radius 2 is 1.94 bits per heavy atom.